The van der Waals surface area contributed by atoms with Gasteiger partial charge in [0.15, 0.2) is 15.0 Å². The lowest BCUT2D eigenvalue weighted by Crippen LogP contribution is -2.15. The van der Waals surface area contributed by atoms with E-state index in [0.717, 1.165) is 0 Å². The van der Waals surface area contributed by atoms with Crippen LogP contribution in [0.5, 0.6) is 5.75 Å². The van der Waals surface area contributed by atoms with Gasteiger partial charge in [0.25, 0.3) is 0 Å². The van der Waals surface area contributed by atoms with Crippen LogP contribution in [0.15, 0.2) is 23.4 Å². The summed E-state index contributed by atoms with van der Waals surface area (Å²) in [4.78, 5) is 12.2. The number of carbonyl (C=O) groups is 1. The Morgan fingerprint density at radius 2 is 2.20 bits per heavy atom. The highest BCUT2D eigenvalue weighted by Crippen LogP contribution is 2.29. The van der Waals surface area contributed by atoms with Crippen molar-refractivity contribution in [1.82, 2.24) is 14.8 Å². The average Bonchev–Trinajstić information content (AvgIpc) is 3.17. The van der Waals surface area contributed by atoms with E-state index in [0.29, 0.717) is 29.5 Å². The molecule has 3 rings (SSSR count). The van der Waals surface area contributed by atoms with Crippen molar-refractivity contribution in [1.29, 1.82) is 0 Å². The van der Waals surface area contributed by atoms with Gasteiger partial charge in [-0.25, -0.2) is 8.42 Å². The van der Waals surface area contributed by atoms with Crippen LogP contribution in [-0.4, -0.2) is 53.0 Å². The van der Waals surface area contributed by atoms with Crippen molar-refractivity contribution in [2.75, 3.05) is 22.6 Å². The van der Waals surface area contributed by atoms with Gasteiger partial charge in [-0.15, -0.1) is 10.2 Å². The van der Waals surface area contributed by atoms with Gasteiger partial charge in [-0.1, -0.05) is 23.4 Å². The predicted molar refractivity (Wildman–Crippen MR) is 109 cm³/mol. The number of benzene rings is 1. The third kappa shape index (κ3) is 6.05. The summed E-state index contributed by atoms with van der Waals surface area (Å²) in [5, 5.41) is 11.3. The zero-order valence-corrected chi connectivity index (χ0v) is 18.2. The summed E-state index contributed by atoms with van der Waals surface area (Å²) in [5.74, 6) is 0.579. The van der Waals surface area contributed by atoms with Crippen molar-refractivity contribution < 1.29 is 26.7 Å². The molecule has 164 valence electrons. The summed E-state index contributed by atoms with van der Waals surface area (Å²) >= 11 is 7.04. The van der Waals surface area contributed by atoms with Crippen LogP contribution in [0.25, 0.3) is 0 Å². The number of halogens is 3. The Morgan fingerprint density at radius 1 is 1.43 bits per heavy atom. The number of hydrogen-bond donors (Lipinski definition) is 1. The molecular formula is C17H19ClF2N4O4S2. The molecule has 30 heavy (non-hydrogen) atoms. The molecule has 2 heterocycles. The second kappa shape index (κ2) is 9.48. The SMILES string of the molecule is Cn1c(CC2CCS(=O)(=O)C2)nnc1SCC(=O)Nc1ccc(OC(F)F)c(Cl)c1. The third-order valence-electron chi connectivity index (χ3n) is 4.49. The van der Waals surface area contributed by atoms with Crippen molar-refractivity contribution in [3.05, 3.63) is 29.0 Å². The number of sulfone groups is 1. The van der Waals surface area contributed by atoms with Crippen LogP contribution in [0.3, 0.4) is 0 Å². The summed E-state index contributed by atoms with van der Waals surface area (Å²) in [6, 6.07) is 3.97. The van der Waals surface area contributed by atoms with Crippen molar-refractivity contribution in [2.24, 2.45) is 13.0 Å². The zero-order chi connectivity index (χ0) is 21.9. The normalized spacial score (nSPS) is 18.0. The van der Waals surface area contributed by atoms with E-state index in [2.05, 4.69) is 20.3 Å². The quantitative estimate of drug-likeness (QED) is 0.579. The maximum absolute atomic E-state index is 12.3. The Morgan fingerprint density at radius 3 is 2.83 bits per heavy atom. The second-order valence-electron chi connectivity index (χ2n) is 6.79. The Balaban J connectivity index is 1.53. The van der Waals surface area contributed by atoms with Gasteiger partial charge in [0, 0.05) is 19.2 Å². The van der Waals surface area contributed by atoms with Gasteiger partial charge >= 0.3 is 6.61 Å². The highest BCUT2D eigenvalue weighted by Gasteiger charge is 2.29. The summed E-state index contributed by atoms with van der Waals surface area (Å²) < 4.78 is 53.7. The molecule has 0 saturated carbocycles. The van der Waals surface area contributed by atoms with Crippen LogP contribution in [0.2, 0.25) is 5.02 Å². The minimum absolute atomic E-state index is 0.0285. The van der Waals surface area contributed by atoms with Crippen molar-refractivity contribution in [3.63, 3.8) is 0 Å². The number of thioether (sulfide) groups is 1. The standard InChI is InChI=1S/C17H19ClF2N4O4S2/c1-24-14(6-10-4-5-30(26,27)9-10)22-23-17(24)29-8-15(25)21-11-2-3-13(12(18)7-11)28-16(19)20/h2-3,7,10,16H,4-6,8-9H2,1H3,(H,21,25). The number of nitrogens with one attached hydrogen (secondary N) is 1. The molecule has 1 aromatic carbocycles. The summed E-state index contributed by atoms with van der Waals surface area (Å²) in [6.07, 6.45) is 1.13. The highest BCUT2D eigenvalue weighted by molar-refractivity contribution is 7.99. The van der Waals surface area contributed by atoms with Crippen LogP contribution in [-0.2, 0) is 28.1 Å². The van der Waals surface area contributed by atoms with Crippen LogP contribution in [0.4, 0.5) is 14.5 Å². The average molecular weight is 481 g/mol. The van der Waals surface area contributed by atoms with Gasteiger partial charge in [0.2, 0.25) is 5.91 Å². The first-order chi connectivity index (χ1) is 14.1. The van der Waals surface area contributed by atoms with E-state index in [1.807, 2.05) is 0 Å². The largest absolute Gasteiger partial charge is 0.433 e. The number of hydrogen-bond acceptors (Lipinski definition) is 7. The summed E-state index contributed by atoms with van der Waals surface area (Å²) in [7, 11) is -1.19. The molecule has 1 aromatic heterocycles. The Bertz CT molecular complexity index is 1030. The van der Waals surface area contributed by atoms with Crippen LogP contribution in [0.1, 0.15) is 12.2 Å². The first-order valence-corrected chi connectivity index (χ1v) is 12.1. The molecule has 1 N–H and O–H groups in total. The molecule has 1 amide bonds. The van der Waals surface area contributed by atoms with Crippen LogP contribution in [0, 0.1) is 5.92 Å². The third-order valence-corrected chi connectivity index (χ3v) is 7.64. The van der Waals surface area contributed by atoms with Gasteiger partial charge in [-0.2, -0.15) is 8.78 Å². The van der Waals surface area contributed by atoms with E-state index >= 15 is 0 Å². The number of nitrogens with zero attached hydrogens (tertiary/aromatic N) is 3. The minimum Gasteiger partial charge on any atom is -0.433 e. The number of alkyl halides is 2. The molecular weight excluding hydrogens is 462 g/mol. The fourth-order valence-electron chi connectivity index (χ4n) is 3.04. The lowest BCUT2D eigenvalue weighted by molar-refractivity contribution is -0.113. The first-order valence-electron chi connectivity index (χ1n) is 8.88. The van der Waals surface area contributed by atoms with Gasteiger partial charge in [-0.05, 0) is 30.5 Å². The molecule has 0 aliphatic carbocycles. The predicted octanol–water partition coefficient (Wildman–Crippen LogP) is 2.78. The zero-order valence-electron chi connectivity index (χ0n) is 15.8. The molecule has 0 bridgehead atoms. The Kier molecular flexibility index (Phi) is 7.19. The number of aromatic nitrogens is 3. The molecule has 8 nitrogen and oxygen atoms in total. The highest BCUT2D eigenvalue weighted by atomic mass is 35.5. The Labute approximate surface area is 181 Å². The van der Waals surface area contributed by atoms with E-state index in [1.54, 1.807) is 11.6 Å². The van der Waals surface area contributed by atoms with E-state index in [-0.39, 0.29) is 39.9 Å². The van der Waals surface area contributed by atoms with Gasteiger partial charge in [-0.3, -0.25) is 4.79 Å². The van der Waals surface area contributed by atoms with Gasteiger partial charge < -0.3 is 14.6 Å². The first kappa shape index (κ1) is 22.8. The smallest absolute Gasteiger partial charge is 0.387 e. The topological polar surface area (TPSA) is 103 Å². The number of amides is 1. The number of rotatable bonds is 8. The number of anilines is 1. The van der Waals surface area contributed by atoms with Crippen molar-refractivity contribution >= 4 is 44.8 Å². The Hall–Kier alpha value is -1.92. The van der Waals surface area contributed by atoms with E-state index in [1.165, 1.54) is 30.0 Å². The lowest BCUT2D eigenvalue weighted by atomic mass is 10.1. The van der Waals surface area contributed by atoms with E-state index < -0.39 is 16.4 Å². The monoisotopic (exact) mass is 480 g/mol. The molecule has 1 saturated heterocycles. The lowest BCUT2D eigenvalue weighted by Gasteiger charge is -2.10. The molecule has 1 atom stereocenters. The van der Waals surface area contributed by atoms with Gasteiger partial charge in [0.05, 0.1) is 22.3 Å². The number of carbonyl (C=O) groups excluding carboxylic acids is 1. The second-order valence-corrected chi connectivity index (χ2v) is 10.4. The minimum atomic E-state index is -2.99. The maximum Gasteiger partial charge on any atom is 0.387 e. The van der Waals surface area contributed by atoms with E-state index in [9.17, 15) is 22.0 Å². The van der Waals surface area contributed by atoms with Gasteiger partial charge in [0.1, 0.15) is 11.6 Å². The molecule has 2 aromatic rings. The van der Waals surface area contributed by atoms with E-state index in [4.69, 9.17) is 11.6 Å². The summed E-state index contributed by atoms with van der Waals surface area (Å²) in [5.41, 5.74) is 0.341. The fraction of sp³-hybridized carbons (Fsp3) is 0.471. The molecule has 1 unspecified atom stereocenters. The number of ether oxygens (including phenoxy) is 1. The molecule has 0 radical (unpaired) electrons. The molecule has 0 spiro atoms. The molecule has 1 aliphatic heterocycles. The van der Waals surface area contributed by atoms with Crippen molar-refractivity contribution in [3.8, 4) is 5.75 Å². The maximum atomic E-state index is 12.3. The van der Waals surface area contributed by atoms with Crippen LogP contribution < -0.4 is 10.1 Å². The fourth-order valence-corrected chi connectivity index (χ4v) is 5.85. The van der Waals surface area contributed by atoms with Crippen molar-refractivity contribution in [2.45, 2.75) is 24.6 Å². The molecule has 13 heteroatoms. The van der Waals surface area contributed by atoms with Crippen LogP contribution >= 0.6 is 23.4 Å². The molecule has 1 aliphatic rings. The molecule has 1 fully saturated rings. The summed E-state index contributed by atoms with van der Waals surface area (Å²) in [6.45, 7) is -2.99.